The molecule has 1 atom stereocenters. The van der Waals surface area contributed by atoms with E-state index in [1.54, 1.807) is 0 Å². The highest BCUT2D eigenvalue weighted by atomic mass is 32.1. The Bertz CT molecular complexity index is 422. The molecule has 0 aromatic heterocycles. The number of nitrogens with zero attached hydrogens (tertiary/aromatic N) is 1. The van der Waals surface area contributed by atoms with Gasteiger partial charge in [0.25, 0.3) is 5.91 Å². The summed E-state index contributed by atoms with van der Waals surface area (Å²) in [6.45, 7) is 1.85. The summed E-state index contributed by atoms with van der Waals surface area (Å²) in [5.41, 5.74) is 0.652. The van der Waals surface area contributed by atoms with Crippen LogP contribution in [0.4, 0.5) is 0 Å². The van der Waals surface area contributed by atoms with Crippen LogP contribution < -0.4 is 5.32 Å². The van der Waals surface area contributed by atoms with Crippen molar-refractivity contribution >= 4 is 18.5 Å². The highest BCUT2D eigenvalue weighted by Crippen LogP contribution is 2.15. The summed E-state index contributed by atoms with van der Waals surface area (Å²) in [7, 11) is 2.13. The number of likely N-dealkylation sites (N-methyl/N-ethyl adjacent to an activating group) is 1. The van der Waals surface area contributed by atoms with Gasteiger partial charge in [0, 0.05) is 17.5 Å². The summed E-state index contributed by atoms with van der Waals surface area (Å²) in [5, 5.41) is 3.01. The molecule has 18 heavy (non-hydrogen) atoms. The van der Waals surface area contributed by atoms with E-state index in [4.69, 9.17) is 0 Å². The first-order chi connectivity index (χ1) is 8.68. The van der Waals surface area contributed by atoms with E-state index in [9.17, 15) is 4.79 Å². The molecule has 1 aliphatic heterocycles. The second-order valence-corrected chi connectivity index (χ2v) is 5.34. The van der Waals surface area contributed by atoms with Crippen LogP contribution in [0.15, 0.2) is 29.2 Å². The number of amides is 1. The average Bonchev–Trinajstić information content (AvgIpc) is 2.38. The molecular formula is C14H20N2OS. The lowest BCUT2D eigenvalue weighted by atomic mass is 10.0. The molecule has 1 saturated heterocycles. The van der Waals surface area contributed by atoms with E-state index in [1.807, 2.05) is 24.3 Å². The van der Waals surface area contributed by atoms with Gasteiger partial charge in [-0.25, -0.2) is 0 Å². The predicted molar refractivity (Wildman–Crippen MR) is 76.3 cm³/mol. The minimum absolute atomic E-state index is 0.0282. The van der Waals surface area contributed by atoms with Crippen molar-refractivity contribution in [3.8, 4) is 0 Å². The number of likely N-dealkylation sites (tertiary alicyclic amines) is 1. The minimum Gasteiger partial charge on any atom is -0.350 e. The molecule has 1 fully saturated rings. The molecule has 1 N–H and O–H groups in total. The van der Waals surface area contributed by atoms with Crippen LogP contribution in [0.1, 0.15) is 29.6 Å². The smallest absolute Gasteiger partial charge is 0.252 e. The van der Waals surface area contributed by atoms with Crippen molar-refractivity contribution in [2.75, 3.05) is 20.1 Å². The van der Waals surface area contributed by atoms with E-state index in [2.05, 4.69) is 29.9 Å². The summed E-state index contributed by atoms with van der Waals surface area (Å²) in [6.07, 6.45) is 3.69. The van der Waals surface area contributed by atoms with E-state index in [0.717, 1.165) is 18.0 Å². The molecule has 1 aromatic carbocycles. The molecule has 0 bridgehead atoms. The van der Waals surface area contributed by atoms with E-state index >= 15 is 0 Å². The van der Waals surface area contributed by atoms with Gasteiger partial charge in [-0.3, -0.25) is 4.79 Å². The van der Waals surface area contributed by atoms with Crippen molar-refractivity contribution in [1.29, 1.82) is 0 Å². The van der Waals surface area contributed by atoms with Crippen molar-refractivity contribution in [3.05, 3.63) is 29.8 Å². The van der Waals surface area contributed by atoms with Gasteiger partial charge in [-0.2, -0.15) is 0 Å². The monoisotopic (exact) mass is 264 g/mol. The van der Waals surface area contributed by atoms with Gasteiger partial charge in [0.2, 0.25) is 0 Å². The highest BCUT2D eigenvalue weighted by molar-refractivity contribution is 7.80. The molecule has 4 heteroatoms. The Morgan fingerprint density at radius 3 is 2.94 bits per heavy atom. The zero-order valence-electron chi connectivity index (χ0n) is 10.7. The average molecular weight is 264 g/mol. The number of carbonyl (C=O) groups excluding carboxylic acids is 1. The first-order valence-electron chi connectivity index (χ1n) is 6.45. The first kappa shape index (κ1) is 13.4. The van der Waals surface area contributed by atoms with E-state index in [1.165, 1.54) is 19.3 Å². The normalized spacial score (nSPS) is 20.7. The maximum atomic E-state index is 12.0. The number of nitrogens with one attached hydrogen (secondary N) is 1. The zero-order valence-corrected chi connectivity index (χ0v) is 11.6. The van der Waals surface area contributed by atoms with Gasteiger partial charge in [-0.05, 0) is 38.6 Å². The Morgan fingerprint density at radius 2 is 2.22 bits per heavy atom. The van der Waals surface area contributed by atoms with Crippen molar-refractivity contribution in [2.24, 2.45) is 0 Å². The van der Waals surface area contributed by atoms with Crippen LogP contribution in [0.25, 0.3) is 0 Å². The molecular weight excluding hydrogens is 244 g/mol. The Hall–Kier alpha value is -1.00. The number of carbonyl (C=O) groups is 1. The van der Waals surface area contributed by atoms with Gasteiger partial charge >= 0.3 is 0 Å². The van der Waals surface area contributed by atoms with Gasteiger partial charge in [0.1, 0.15) is 0 Å². The topological polar surface area (TPSA) is 32.3 Å². The molecule has 2 rings (SSSR count). The van der Waals surface area contributed by atoms with Crippen LogP contribution in [0.5, 0.6) is 0 Å². The quantitative estimate of drug-likeness (QED) is 0.820. The van der Waals surface area contributed by atoms with Crippen LogP contribution >= 0.6 is 12.6 Å². The number of benzene rings is 1. The van der Waals surface area contributed by atoms with Crippen molar-refractivity contribution in [1.82, 2.24) is 10.2 Å². The molecule has 1 aliphatic rings. The lowest BCUT2D eigenvalue weighted by molar-refractivity contribution is 0.0925. The molecule has 1 heterocycles. The molecule has 0 spiro atoms. The molecule has 0 saturated carbocycles. The predicted octanol–water partition coefficient (Wildman–Crippen LogP) is 2.19. The summed E-state index contributed by atoms with van der Waals surface area (Å²) in [6, 6.07) is 7.86. The molecule has 0 aliphatic carbocycles. The minimum atomic E-state index is -0.0282. The molecule has 1 aromatic rings. The molecule has 1 amide bonds. The molecule has 3 nitrogen and oxygen atoms in total. The second kappa shape index (κ2) is 6.25. The Balaban J connectivity index is 1.90. The van der Waals surface area contributed by atoms with Gasteiger partial charge in [0.05, 0.1) is 5.56 Å². The highest BCUT2D eigenvalue weighted by Gasteiger charge is 2.19. The Morgan fingerprint density at radius 1 is 1.44 bits per heavy atom. The number of hydrogen-bond acceptors (Lipinski definition) is 3. The van der Waals surface area contributed by atoms with Crippen molar-refractivity contribution in [3.63, 3.8) is 0 Å². The number of rotatable bonds is 3. The fourth-order valence-corrected chi connectivity index (χ4v) is 2.64. The van der Waals surface area contributed by atoms with Crippen LogP contribution in [-0.4, -0.2) is 37.0 Å². The SMILES string of the molecule is CN1CCCCC1CNC(=O)c1ccccc1S. The van der Waals surface area contributed by atoms with Gasteiger partial charge in [-0.15, -0.1) is 12.6 Å². The van der Waals surface area contributed by atoms with Crippen LogP contribution in [-0.2, 0) is 0 Å². The van der Waals surface area contributed by atoms with Gasteiger partial charge in [0.15, 0.2) is 0 Å². The summed E-state index contributed by atoms with van der Waals surface area (Å²) >= 11 is 4.30. The summed E-state index contributed by atoms with van der Waals surface area (Å²) in [5.74, 6) is -0.0282. The van der Waals surface area contributed by atoms with Crippen molar-refractivity contribution in [2.45, 2.75) is 30.2 Å². The maximum absolute atomic E-state index is 12.0. The summed E-state index contributed by atoms with van der Waals surface area (Å²) in [4.78, 5) is 15.1. The zero-order chi connectivity index (χ0) is 13.0. The largest absolute Gasteiger partial charge is 0.350 e. The number of piperidine rings is 1. The van der Waals surface area contributed by atoms with E-state index in [0.29, 0.717) is 11.6 Å². The molecule has 1 unspecified atom stereocenters. The Kier molecular flexibility index (Phi) is 4.66. The lowest BCUT2D eigenvalue weighted by Crippen LogP contribution is -2.44. The van der Waals surface area contributed by atoms with Crippen LogP contribution in [0.3, 0.4) is 0 Å². The maximum Gasteiger partial charge on any atom is 0.252 e. The molecule has 98 valence electrons. The van der Waals surface area contributed by atoms with Gasteiger partial charge < -0.3 is 10.2 Å². The van der Waals surface area contributed by atoms with E-state index < -0.39 is 0 Å². The lowest BCUT2D eigenvalue weighted by Gasteiger charge is -2.32. The summed E-state index contributed by atoms with van der Waals surface area (Å²) < 4.78 is 0. The number of hydrogen-bond donors (Lipinski definition) is 2. The van der Waals surface area contributed by atoms with Crippen LogP contribution in [0.2, 0.25) is 0 Å². The third-order valence-electron chi connectivity index (χ3n) is 3.57. The molecule has 0 radical (unpaired) electrons. The van der Waals surface area contributed by atoms with Gasteiger partial charge in [-0.1, -0.05) is 18.6 Å². The fraction of sp³-hybridized carbons (Fsp3) is 0.500. The second-order valence-electron chi connectivity index (χ2n) is 4.86. The van der Waals surface area contributed by atoms with Crippen molar-refractivity contribution < 1.29 is 4.79 Å². The standard InChI is InChI=1S/C14H20N2OS/c1-16-9-5-4-6-11(16)10-15-14(17)12-7-2-3-8-13(12)18/h2-3,7-8,11,18H,4-6,9-10H2,1H3,(H,15,17). The first-order valence-corrected chi connectivity index (χ1v) is 6.89. The fourth-order valence-electron chi connectivity index (χ4n) is 2.37. The van der Waals surface area contributed by atoms with Crippen LogP contribution in [0, 0.1) is 0 Å². The third-order valence-corrected chi connectivity index (χ3v) is 3.96. The third kappa shape index (κ3) is 3.27. The van der Waals surface area contributed by atoms with E-state index in [-0.39, 0.29) is 5.91 Å². The Labute approximate surface area is 114 Å². The number of thiol groups is 1.